The Morgan fingerprint density at radius 1 is 1.27 bits per heavy atom. The number of methoxy groups -OCH3 is 1. The Bertz CT molecular complexity index is 1360. The van der Waals surface area contributed by atoms with Gasteiger partial charge in [0.2, 0.25) is 10.0 Å². The van der Waals surface area contributed by atoms with Crippen molar-refractivity contribution in [1.82, 2.24) is 13.7 Å². The van der Waals surface area contributed by atoms with Crippen LogP contribution in [-0.4, -0.2) is 61.5 Å². The first kappa shape index (κ1) is 23.1. The first-order valence-electron chi connectivity index (χ1n) is 9.95. The number of nitrogens with zero attached hydrogens (tertiary/aromatic N) is 3. The third-order valence-corrected chi connectivity index (χ3v) is 7.58. The quantitative estimate of drug-likeness (QED) is 0.361. The number of esters is 1. The van der Waals surface area contributed by atoms with Gasteiger partial charge in [-0.2, -0.15) is 4.31 Å². The van der Waals surface area contributed by atoms with Crippen LogP contribution in [0.15, 0.2) is 51.6 Å². The highest BCUT2D eigenvalue weighted by atomic mass is 32.2. The Kier molecular flexibility index (Phi) is 6.88. The van der Waals surface area contributed by atoms with Gasteiger partial charge >= 0.3 is 5.97 Å². The standard InChI is InChI=1S/C21H21N3O7S2/c1-29-17-4-2-15(12-18(17)33(27,28)23-6-9-30-10-7-23)3-5-20(26)31-14-16-13-19(25)24-8-11-32-21(24)22-16/h2-5,8,11-13H,6-7,9-10,14H2,1H3/b5-3+. The largest absolute Gasteiger partial charge is 0.495 e. The average Bonchev–Trinajstić information content (AvgIpc) is 3.31. The minimum Gasteiger partial charge on any atom is -0.495 e. The molecule has 4 rings (SSSR count). The van der Waals surface area contributed by atoms with Crippen LogP contribution in [-0.2, 0) is 30.9 Å². The Labute approximate surface area is 193 Å². The third kappa shape index (κ3) is 5.14. The molecule has 2 aromatic heterocycles. The van der Waals surface area contributed by atoms with Crippen LogP contribution in [0.2, 0.25) is 0 Å². The lowest BCUT2D eigenvalue weighted by Gasteiger charge is -2.26. The summed E-state index contributed by atoms with van der Waals surface area (Å²) in [5, 5.41) is 1.74. The molecule has 10 nitrogen and oxygen atoms in total. The fourth-order valence-corrected chi connectivity index (χ4v) is 5.58. The highest BCUT2D eigenvalue weighted by molar-refractivity contribution is 7.89. The highest BCUT2D eigenvalue weighted by Crippen LogP contribution is 2.28. The van der Waals surface area contributed by atoms with E-state index in [1.165, 1.54) is 57.5 Å². The normalized spacial score (nSPS) is 15.2. The Hall–Kier alpha value is -3.06. The van der Waals surface area contributed by atoms with Gasteiger partial charge < -0.3 is 14.2 Å². The Balaban J connectivity index is 1.47. The van der Waals surface area contributed by atoms with Gasteiger partial charge in [-0.3, -0.25) is 9.20 Å². The van der Waals surface area contributed by atoms with Gasteiger partial charge in [-0.15, -0.1) is 11.3 Å². The number of carbonyl (C=O) groups is 1. The highest BCUT2D eigenvalue weighted by Gasteiger charge is 2.29. The third-order valence-electron chi connectivity index (χ3n) is 4.91. The Morgan fingerprint density at radius 2 is 2.06 bits per heavy atom. The van der Waals surface area contributed by atoms with Crippen molar-refractivity contribution in [2.24, 2.45) is 0 Å². The minimum atomic E-state index is -3.79. The molecule has 0 N–H and O–H groups in total. The van der Waals surface area contributed by atoms with Crippen molar-refractivity contribution in [3.8, 4) is 5.75 Å². The van der Waals surface area contributed by atoms with Crippen molar-refractivity contribution in [3.63, 3.8) is 0 Å². The molecule has 0 radical (unpaired) electrons. The Morgan fingerprint density at radius 3 is 2.82 bits per heavy atom. The smallest absolute Gasteiger partial charge is 0.331 e. The summed E-state index contributed by atoms with van der Waals surface area (Å²) in [5.74, 6) is -0.445. The number of aromatic nitrogens is 2. The van der Waals surface area contributed by atoms with E-state index in [9.17, 15) is 18.0 Å². The van der Waals surface area contributed by atoms with Gasteiger partial charge in [0.25, 0.3) is 5.56 Å². The number of benzene rings is 1. The number of hydrogen-bond donors (Lipinski definition) is 0. The van der Waals surface area contributed by atoms with E-state index < -0.39 is 16.0 Å². The number of rotatable bonds is 7. The van der Waals surface area contributed by atoms with E-state index in [2.05, 4.69) is 4.98 Å². The van der Waals surface area contributed by atoms with E-state index in [0.29, 0.717) is 29.4 Å². The molecular weight excluding hydrogens is 470 g/mol. The predicted molar refractivity (Wildman–Crippen MR) is 121 cm³/mol. The molecule has 0 spiro atoms. The van der Waals surface area contributed by atoms with Crippen molar-refractivity contribution >= 4 is 38.4 Å². The van der Waals surface area contributed by atoms with E-state index in [-0.39, 0.29) is 35.9 Å². The topological polar surface area (TPSA) is 117 Å². The van der Waals surface area contributed by atoms with E-state index in [1.807, 2.05) is 0 Å². The molecule has 1 aromatic carbocycles. The summed E-state index contributed by atoms with van der Waals surface area (Å²) < 4.78 is 44.5. The maximum atomic E-state index is 13.1. The monoisotopic (exact) mass is 491 g/mol. The molecule has 3 heterocycles. The molecule has 1 aliphatic heterocycles. The first-order chi connectivity index (χ1) is 15.9. The molecule has 3 aromatic rings. The number of hydrogen-bond acceptors (Lipinski definition) is 9. The molecule has 0 saturated carbocycles. The van der Waals surface area contributed by atoms with Crippen molar-refractivity contribution in [2.45, 2.75) is 11.5 Å². The van der Waals surface area contributed by atoms with E-state index in [1.54, 1.807) is 17.6 Å². The van der Waals surface area contributed by atoms with E-state index >= 15 is 0 Å². The number of carbonyl (C=O) groups excluding carboxylic acids is 1. The SMILES string of the molecule is COc1ccc(/C=C/C(=O)OCc2cc(=O)n3ccsc3n2)cc1S(=O)(=O)N1CCOCC1. The van der Waals surface area contributed by atoms with Crippen molar-refractivity contribution in [2.75, 3.05) is 33.4 Å². The second-order valence-electron chi connectivity index (χ2n) is 7.01. The second-order valence-corrected chi connectivity index (χ2v) is 9.79. The number of ether oxygens (including phenoxy) is 3. The molecule has 1 fully saturated rings. The van der Waals surface area contributed by atoms with Crippen LogP contribution in [0, 0.1) is 0 Å². The van der Waals surface area contributed by atoms with Gasteiger partial charge in [0.05, 0.1) is 26.0 Å². The summed E-state index contributed by atoms with van der Waals surface area (Å²) in [7, 11) is -2.39. The summed E-state index contributed by atoms with van der Waals surface area (Å²) >= 11 is 1.30. The minimum absolute atomic E-state index is 0.0105. The molecule has 0 aliphatic carbocycles. The summed E-state index contributed by atoms with van der Waals surface area (Å²) in [5.41, 5.74) is 0.568. The van der Waals surface area contributed by atoms with Crippen molar-refractivity contribution < 1.29 is 27.4 Å². The molecule has 0 unspecified atom stereocenters. The molecule has 0 bridgehead atoms. The lowest BCUT2D eigenvalue weighted by Crippen LogP contribution is -2.40. The number of morpholine rings is 1. The lowest BCUT2D eigenvalue weighted by atomic mass is 10.2. The van der Waals surface area contributed by atoms with Crippen LogP contribution in [0.4, 0.5) is 0 Å². The van der Waals surface area contributed by atoms with Crippen molar-refractivity contribution in [1.29, 1.82) is 0 Å². The number of sulfonamides is 1. The zero-order valence-electron chi connectivity index (χ0n) is 17.7. The maximum Gasteiger partial charge on any atom is 0.331 e. The predicted octanol–water partition coefficient (Wildman–Crippen LogP) is 1.54. The fourth-order valence-electron chi connectivity index (χ4n) is 3.24. The molecule has 0 atom stereocenters. The first-order valence-corrected chi connectivity index (χ1v) is 12.3. The molecule has 1 saturated heterocycles. The van der Waals surface area contributed by atoms with Gasteiger partial charge in [-0.05, 0) is 23.8 Å². The zero-order chi connectivity index (χ0) is 23.4. The lowest BCUT2D eigenvalue weighted by molar-refractivity contribution is -0.139. The summed E-state index contributed by atoms with van der Waals surface area (Å²) in [4.78, 5) is 29.0. The van der Waals surface area contributed by atoms with Gasteiger partial charge in [-0.1, -0.05) is 6.07 Å². The maximum absolute atomic E-state index is 13.1. The van der Waals surface area contributed by atoms with Gasteiger partial charge in [0.1, 0.15) is 17.3 Å². The summed E-state index contributed by atoms with van der Waals surface area (Å²) in [6.45, 7) is 1.01. The summed E-state index contributed by atoms with van der Waals surface area (Å²) in [6, 6.07) is 5.92. The molecule has 33 heavy (non-hydrogen) atoms. The number of thiazole rings is 1. The van der Waals surface area contributed by atoms with Crippen molar-refractivity contribution in [3.05, 3.63) is 63.5 Å². The van der Waals surface area contributed by atoms with Gasteiger partial charge in [-0.25, -0.2) is 18.2 Å². The van der Waals surface area contributed by atoms with Crippen LogP contribution < -0.4 is 10.3 Å². The molecular formula is C21H21N3O7S2. The molecule has 174 valence electrons. The molecule has 0 amide bonds. The zero-order valence-corrected chi connectivity index (χ0v) is 19.3. The van der Waals surface area contributed by atoms with E-state index in [0.717, 1.165) is 0 Å². The van der Waals surface area contributed by atoms with Crippen LogP contribution in [0.1, 0.15) is 11.3 Å². The van der Waals surface area contributed by atoms with Gasteiger partial charge in [0, 0.05) is 36.8 Å². The average molecular weight is 492 g/mol. The van der Waals surface area contributed by atoms with Crippen LogP contribution in [0.25, 0.3) is 11.0 Å². The van der Waals surface area contributed by atoms with Crippen LogP contribution in [0.3, 0.4) is 0 Å². The summed E-state index contributed by atoms with van der Waals surface area (Å²) in [6.07, 6.45) is 4.25. The van der Waals surface area contributed by atoms with Crippen LogP contribution in [0.5, 0.6) is 5.75 Å². The molecule has 1 aliphatic rings. The molecule has 12 heteroatoms. The van der Waals surface area contributed by atoms with Gasteiger partial charge in [0.15, 0.2) is 4.96 Å². The number of fused-ring (bicyclic) bond motifs is 1. The van der Waals surface area contributed by atoms with E-state index in [4.69, 9.17) is 14.2 Å². The fraction of sp³-hybridized carbons (Fsp3) is 0.286. The van der Waals surface area contributed by atoms with Crippen LogP contribution >= 0.6 is 11.3 Å². The second kappa shape index (κ2) is 9.83.